The molecule has 0 amide bonds. The van der Waals surface area contributed by atoms with Gasteiger partial charge in [-0.3, -0.25) is 4.31 Å². The Balaban J connectivity index is 1.49. The first-order valence-electron chi connectivity index (χ1n) is 12.4. The molecule has 2 aromatic heterocycles. The Morgan fingerprint density at radius 1 is 1.03 bits per heavy atom. The van der Waals surface area contributed by atoms with Gasteiger partial charge in [0.15, 0.2) is 11.6 Å². The Morgan fingerprint density at radius 3 is 2.36 bits per heavy atom. The number of benzene rings is 2. The predicted molar refractivity (Wildman–Crippen MR) is 151 cm³/mol. The molecule has 1 aliphatic rings. The van der Waals surface area contributed by atoms with Crippen molar-refractivity contribution in [1.29, 1.82) is 0 Å². The van der Waals surface area contributed by atoms with Gasteiger partial charge in [0.1, 0.15) is 17.2 Å². The number of aromatic amines is 1. The number of nitrogens with zero attached hydrogens (tertiary/aromatic N) is 5. The average molecular weight is 557 g/mol. The number of anilines is 6. The number of hydrogen-bond donors (Lipinski definition) is 3. The molecule has 0 saturated carbocycles. The highest BCUT2D eigenvalue weighted by molar-refractivity contribution is 7.92. The van der Waals surface area contributed by atoms with E-state index < -0.39 is 21.7 Å². The number of para-hydroxylation sites is 2. The molecule has 1 aliphatic heterocycles. The number of halogens is 2. The molecule has 2 aromatic carbocycles. The molecule has 1 saturated heterocycles. The van der Waals surface area contributed by atoms with Crippen LogP contribution in [0, 0.1) is 18.6 Å². The van der Waals surface area contributed by atoms with E-state index in [9.17, 15) is 8.42 Å². The number of H-pyrrole nitrogens is 1. The Bertz CT molecular complexity index is 1610. The third-order valence-electron chi connectivity index (χ3n) is 6.82. The molecule has 0 radical (unpaired) electrons. The molecule has 5 rings (SSSR count). The van der Waals surface area contributed by atoms with Crippen LogP contribution >= 0.6 is 0 Å². The molecule has 4 aromatic rings. The van der Waals surface area contributed by atoms with Crippen molar-refractivity contribution in [3.05, 3.63) is 59.8 Å². The smallest absolute Gasteiger partial charge is 0.232 e. The van der Waals surface area contributed by atoms with Gasteiger partial charge in [-0.05, 0) is 43.8 Å². The Labute approximate surface area is 225 Å². The lowest BCUT2D eigenvalue weighted by atomic mass is 10.2. The van der Waals surface area contributed by atoms with Crippen molar-refractivity contribution >= 4 is 55.6 Å². The molecule has 1 fully saturated rings. The summed E-state index contributed by atoms with van der Waals surface area (Å²) in [6, 6.07) is 9.39. The van der Waals surface area contributed by atoms with Crippen LogP contribution < -0.4 is 19.8 Å². The lowest BCUT2D eigenvalue weighted by molar-refractivity contribution is 0.310. The normalized spacial score (nSPS) is 14.6. The lowest BCUT2D eigenvalue weighted by Crippen LogP contribution is -2.45. The number of rotatable bonds is 7. The van der Waals surface area contributed by atoms with E-state index in [1.807, 2.05) is 14.0 Å². The zero-order valence-corrected chi connectivity index (χ0v) is 22.9. The maximum absolute atomic E-state index is 15.1. The van der Waals surface area contributed by atoms with Gasteiger partial charge in [0, 0.05) is 45.1 Å². The molecule has 0 bridgehead atoms. The number of fused-ring (bicyclic) bond motifs is 1. The van der Waals surface area contributed by atoms with Crippen molar-refractivity contribution in [1.82, 2.24) is 19.9 Å². The summed E-state index contributed by atoms with van der Waals surface area (Å²) in [7, 11) is -0.0724. The summed E-state index contributed by atoms with van der Waals surface area (Å²) in [6.07, 6.45) is 2.89. The van der Waals surface area contributed by atoms with Crippen LogP contribution in [0.25, 0.3) is 11.0 Å². The zero-order chi connectivity index (χ0) is 27.9. The van der Waals surface area contributed by atoms with Crippen LogP contribution in [-0.2, 0) is 10.0 Å². The minimum absolute atomic E-state index is 0.0426. The summed E-state index contributed by atoms with van der Waals surface area (Å²) >= 11 is 0. The number of aryl methyl sites for hydroxylation is 1. The number of piperazine rings is 1. The van der Waals surface area contributed by atoms with Gasteiger partial charge in [-0.2, -0.15) is 9.97 Å². The molecule has 206 valence electrons. The van der Waals surface area contributed by atoms with Crippen LogP contribution in [0.15, 0.2) is 42.6 Å². The van der Waals surface area contributed by atoms with Crippen LogP contribution in [0.5, 0.6) is 0 Å². The molecular formula is C26H30F2N8O2S. The fraction of sp³-hybridized carbons (Fsp3) is 0.308. The van der Waals surface area contributed by atoms with Crippen molar-refractivity contribution < 1.29 is 17.2 Å². The van der Waals surface area contributed by atoms with E-state index in [0.717, 1.165) is 24.9 Å². The second-order valence-corrected chi connectivity index (χ2v) is 11.7. The second kappa shape index (κ2) is 10.3. The van der Waals surface area contributed by atoms with Gasteiger partial charge in [-0.1, -0.05) is 12.1 Å². The SMILES string of the molecule is Cc1c[nH]c2nc(Nc3cc(F)c(N4CCN(C)CC4)c(F)c3)nc(Nc3ccccc3N(C)S(C)(=O)=O)c12. The molecule has 13 heteroatoms. The molecule has 0 atom stereocenters. The highest BCUT2D eigenvalue weighted by atomic mass is 32.2. The van der Waals surface area contributed by atoms with Gasteiger partial charge in [-0.15, -0.1) is 0 Å². The number of sulfonamides is 1. The molecule has 39 heavy (non-hydrogen) atoms. The highest BCUT2D eigenvalue weighted by Crippen LogP contribution is 2.34. The van der Waals surface area contributed by atoms with Gasteiger partial charge in [0.25, 0.3) is 0 Å². The number of hydrogen-bond acceptors (Lipinski definition) is 8. The quantitative estimate of drug-likeness (QED) is 0.311. The third kappa shape index (κ3) is 5.45. The van der Waals surface area contributed by atoms with Gasteiger partial charge in [-0.25, -0.2) is 17.2 Å². The van der Waals surface area contributed by atoms with Gasteiger partial charge >= 0.3 is 0 Å². The van der Waals surface area contributed by atoms with E-state index in [1.165, 1.54) is 23.5 Å². The van der Waals surface area contributed by atoms with Crippen molar-refractivity contribution in [2.45, 2.75) is 6.92 Å². The summed E-state index contributed by atoms with van der Waals surface area (Å²) in [5, 5.41) is 6.84. The Kier molecular flexibility index (Phi) is 7.03. The van der Waals surface area contributed by atoms with Crippen molar-refractivity contribution in [3.63, 3.8) is 0 Å². The molecule has 0 unspecified atom stereocenters. The van der Waals surface area contributed by atoms with Gasteiger partial charge in [0.2, 0.25) is 16.0 Å². The lowest BCUT2D eigenvalue weighted by Gasteiger charge is -2.34. The van der Waals surface area contributed by atoms with Crippen LogP contribution in [0.4, 0.5) is 43.3 Å². The van der Waals surface area contributed by atoms with Crippen LogP contribution in [0.3, 0.4) is 0 Å². The van der Waals surface area contributed by atoms with E-state index in [4.69, 9.17) is 0 Å². The first-order valence-corrected chi connectivity index (χ1v) is 14.2. The second-order valence-electron chi connectivity index (χ2n) is 9.67. The van der Waals surface area contributed by atoms with E-state index in [0.29, 0.717) is 41.3 Å². The van der Waals surface area contributed by atoms with Crippen LogP contribution in [0.2, 0.25) is 0 Å². The van der Waals surface area contributed by atoms with Crippen molar-refractivity contribution in [3.8, 4) is 0 Å². The fourth-order valence-electron chi connectivity index (χ4n) is 4.59. The first-order chi connectivity index (χ1) is 18.5. The topological polar surface area (TPSA) is 109 Å². The standard InChI is InChI=1S/C26H30F2N8O2S/c1-16-15-29-24-22(16)25(31-20-7-5-6-8-21(20)35(3)39(4,37)38)33-26(32-24)30-17-13-18(27)23(19(28)14-17)36-11-9-34(2)10-12-36/h5-8,13-15H,9-12H2,1-4H3,(H3,29,30,31,32,33). The van der Waals surface area contributed by atoms with E-state index >= 15 is 8.78 Å². The third-order valence-corrected chi connectivity index (χ3v) is 8.01. The number of likely N-dealkylation sites (N-methyl/N-ethyl adjacent to an activating group) is 1. The Morgan fingerprint density at radius 2 is 1.69 bits per heavy atom. The number of nitrogens with one attached hydrogen (secondary N) is 3. The molecule has 3 N–H and O–H groups in total. The van der Waals surface area contributed by atoms with Crippen molar-refractivity contribution in [2.24, 2.45) is 0 Å². The first kappa shape index (κ1) is 26.6. The maximum atomic E-state index is 15.1. The minimum Gasteiger partial charge on any atom is -0.364 e. The monoisotopic (exact) mass is 556 g/mol. The zero-order valence-electron chi connectivity index (χ0n) is 22.1. The van der Waals surface area contributed by atoms with E-state index in [-0.39, 0.29) is 17.3 Å². The van der Waals surface area contributed by atoms with Crippen molar-refractivity contribution in [2.75, 3.05) is 66.4 Å². The summed E-state index contributed by atoms with van der Waals surface area (Å²) in [5.74, 6) is -0.845. The van der Waals surface area contributed by atoms with Crippen LogP contribution in [0.1, 0.15) is 5.56 Å². The summed E-state index contributed by atoms with van der Waals surface area (Å²) in [5.41, 5.74) is 2.41. The fourth-order valence-corrected chi connectivity index (χ4v) is 5.11. The van der Waals surface area contributed by atoms with E-state index in [2.05, 4.69) is 30.5 Å². The molecular weight excluding hydrogens is 526 g/mol. The average Bonchev–Trinajstić information content (AvgIpc) is 3.25. The summed E-state index contributed by atoms with van der Waals surface area (Å²) in [6.45, 7) is 4.40. The molecule has 3 heterocycles. The molecule has 0 spiro atoms. The van der Waals surface area contributed by atoms with E-state index in [1.54, 1.807) is 35.4 Å². The van der Waals surface area contributed by atoms with Gasteiger partial charge < -0.3 is 25.4 Å². The summed E-state index contributed by atoms with van der Waals surface area (Å²) in [4.78, 5) is 16.0. The maximum Gasteiger partial charge on any atom is 0.232 e. The largest absolute Gasteiger partial charge is 0.364 e. The Hall–Kier alpha value is -3.97. The molecule has 0 aliphatic carbocycles. The molecule has 10 nitrogen and oxygen atoms in total. The summed E-state index contributed by atoms with van der Waals surface area (Å²) < 4.78 is 55.8. The predicted octanol–water partition coefficient (Wildman–Crippen LogP) is 4.18. The highest BCUT2D eigenvalue weighted by Gasteiger charge is 2.23. The van der Waals surface area contributed by atoms with Gasteiger partial charge in [0.05, 0.1) is 23.0 Å². The number of aromatic nitrogens is 3. The van der Waals surface area contributed by atoms with Crippen LogP contribution in [-0.4, -0.2) is 74.8 Å². The minimum atomic E-state index is -3.52.